The van der Waals surface area contributed by atoms with Gasteiger partial charge in [0.25, 0.3) is 0 Å². The summed E-state index contributed by atoms with van der Waals surface area (Å²) in [6.07, 6.45) is -0.696. The van der Waals surface area contributed by atoms with Crippen LogP contribution in [-0.4, -0.2) is 47.7 Å². The molecular weight excluding hydrogens is 414 g/mol. The number of hydrogen-bond donors (Lipinski definition) is 2. The van der Waals surface area contributed by atoms with E-state index in [1.807, 2.05) is 4.90 Å². The molecule has 1 aliphatic heterocycles. The van der Waals surface area contributed by atoms with Crippen LogP contribution in [0.3, 0.4) is 0 Å². The predicted molar refractivity (Wildman–Crippen MR) is 107 cm³/mol. The van der Waals surface area contributed by atoms with Gasteiger partial charge in [0, 0.05) is 31.6 Å². The lowest BCUT2D eigenvalue weighted by molar-refractivity contribution is -0.174. The molecule has 1 saturated heterocycles. The van der Waals surface area contributed by atoms with Gasteiger partial charge >= 0.3 is 12.1 Å². The van der Waals surface area contributed by atoms with Gasteiger partial charge in [-0.25, -0.2) is 14.4 Å². The molecule has 1 saturated carbocycles. The minimum absolute atomic E-state index is 0.142. The Morgan fingerprint density at radius 1 is 1.13 bits per heavy atom. The van der Waals surface area contributed by atoms with Crippen LogP contribution in [0.5, 0.6) is 0 Å². The van der Waals surface area contributed by atoms with E-state index in [-0.39, 0.29) is 12.5 Å². The number of amides is 1. The summed E-state index contributed by atoms with van der Waals surface area (Å²) in [4.78, 5) is 22.0. The van der Waals surface area contributed by atoms with Gasteiger partial charge in [-0.15, -0.1) is 0 Å². The van der Waals surface area contributed by atoms with E-state index in [9.17, 15) is 22.4 Å². The molecule has 4 rings (SSSR count). The highest BCUT2D eigenvalue weighted by Crippen LogP contribution is 2.32. The third-order valence-corrected chi connectivity index (χ3v) is 5.73. The van der Waals surface area contributed by atoms with Crippen molar-refractivity contribution in [2.24, 2.45) is 5.92 Å². The van der Waals surface area contributed by atoms with Gasteiger partial charge in [0.1, 0.15) is 23.8 Å². The molecule has 2 unspecified atom stereocenters. The van der Waals surface area contributed by atoms with Crippen molar-refractivity contribution in [3.05, 3.63) is 48.0 Å². The molecule has 2 aromatic rings. The van der Waals surface area contributed by atoms with Crippen molar-refractivity contribution < 1.29 is 22.4 Å². The summed E-state index contributed by atoms with van der Waals surface area (Å²) in [6, 6.07) is 6.59. The highest BCUT2D eigenvalue weighted by molar-refractivity contribution is 5.82. The van der Waals surface area contributed by atoms with E-state index >= 15 is 0 Å². The Bertz CT molecular complexity index is 917. The number of nitrogens with one attached hydrogen (secondary N) is 2. The largest absolute Gasteiger partial charge is 0.471 e. The zero-order chi connectivity index (χ0) is 22.0. The van der Waals surface area contributed by atoms with E-state index in [0.29, 0.717) is 36.1 Å². The maximum Gasteiger partial charge on any atom is 0.471 e. The summed E-state index contributed by atoms with van der Waals surface area (Å²) in [5, 5.41) is 5.38. The average molecular weight is 437 g/mol. The van der Waals surface area contributed by atoms with Crippen LogP contribution in [0.1, 0.15) is 30.7 Å². The molecule has 0 spiro atoms. The van der Waals surface area contributed by atoms with Crippen molar-refractivity contribution >= 4 is 17.5 Å². The lowest BCUT2D eigenvalue weighted by Crippen LogP contribution is -2.54. The Hall–Kier alpha value is -2.91. The summed E-state index contributed by atoms with van der Waals surface area (Å²) in [6.45, 7) is 1.50. The van der Waals surface area contributed by atoms with Crippen LogP contribution >= 0.6 is 0 Å². The van der Waals surface area contributed by atoms with Crippen LogP contribution in [0.2, 0.25) is 0 Å². The molecule has 31 heavy (non-hydrogen) atoms. The number of halogens is 4. The molecule has 1 aromatic heterocycles. The van der Waals surface area contributed by atoms with Crippen molar-refractivity contribution in [2.45, 2.75) is 37.4 Å². The minimum Gasteiger partial charge on any atom is -0.370 e. The van der Waals surface area contributed by atoms with E-state index in [2.05, 4.69) is 20.6 Å². The SMILES string of the molecule is O=C(NC1CN(c2cc(NCC3CC3)ncn2)CCC1c1ccc(F)cc1)C(F)(F)F. The van der Waals surface area contributed by atoms with E-state index in [4.69, 9.17) is 0 Å². The van der Waals surface area contributed by atoms with Crippen molar-refractivity contribution in [1.82, 2.24) is 15.3 Å². The quantitative estimate of drug-likeness (QED) is 0.678. The van der Waals surface area contributed by atoms with Gasteiger partial charge in [-0.05, 0) is 42.9 Å². The van der Waals surface area contributed by atoms with Crippen LogP contribution < -0.4 is 15.5 Å². The molecule has 2 fully saturated rings. The summed E-state index contributed by atoms with van der Waals surface area (Å²) < 4.78 is 52.0. The second kappa shape index (κ2) is 8.68. The Morgan fingerprint density at radius 2 is 1.87 bits per heavy atom. The molecule has 0 bridgehead atoms. The van der Waals surface area contributed by atoms with E-state index in [1.54, 1.807) is 18.2 Å². The first-order valence-electron chi connectivity index (χ1n) is 10.2. The number of aromatic nitrogens is 2. The normalized spacial score (nSPS) is 21.6. The standard InChI is InChI=1S/C21H23F4N5O/c22-15-5-3-14(4-6-15)16-7-8-30(11-17(16)29-20(31)21(23,24)25)19-9-18(27-12-28-19)26-10-13-1-2-13/h3-6,9,12-13,16-17H,1-2,7-8,10-11H2,(H,29,31)(H,26,27,28). The van der Waals surface area contributed by atoms with Gasteiger partial charge in [-0.2, -0.15) is 13.2 Å². The summed E-state index contributed by atoms with van der Waals surface area (Å²) in [7, 11) is 0. The number of rotatable bonds is 6. The van der Waals surface area contributed by atoms with Crippen LogP contribution in [0.25, 0.3) is 0 Å². The number of nitrogens with zero attached hydrogens (tertiary/aromatic N) is 3. The maximum absolute atomic E-state index is 13.3. The number of carbonyl (C=O) groups excluding carboxylic acids is 1. The monoisotopic (exact) mass is 437 g/mol. The highest BCUT2D eigenvalue weighted by Gasteiger charge is 2.42. The number of carbonyl (C=O) groups is 1. The molecule has 166 valence electrons. The second-order valence-electron chi connectivity index (χ2n) is 8.06. The zero-order valence-corrected chi connectivity index (χ0v) is 16.7. The molecule has 1 aliphatic carbocycles. The van der Waals surface area contributed by atoms with E-state index in [0.717, 1.165) is 6.54 Å². The van der Waals surface area contributed by atoms with Gasteiger partial charge in [0.15, 0.2) is 0 Å². The first-order valence-corrected chi connectivity index (χ1v) is 10.2. The maximum atomic E-state index is 13.3. The Labute approximate surface area is 177 Å². The van der Waals surface area contributed by atoms with E-state index in [1.165, 1.54) is 31.3 Å². The number of alkyl halides is 3. The second-order valence-corrected chi connectivity index (χ2v) is 8.06. The fraction of sp³-hybridized carbons (Fsp3) is 0.476. The van der Waals surface area contributed by atoms with Crippen LogP contribution in [-0.2, 0) is 4.79 Å². The smallest absolute Gasteiger partial charge is 0.370 e. The zero-order valence-electron chi connectivity index (χ0n) is 16.7. The molecule has 2 atom stereocenters. The molecule has 1 aromatic carbocycles. The van der Waals surface area contributed by atoms with Crippen molar-refractivity contribution in [2.75, 3.05) is 29.9 Å². The molecular formula is C21H23F4N5O. The average Bonchev–Trinajstić information content (AvgIpc) is 3.57. The number of hydrogen-bond acceptors (Lipinski definition) is 5. The highest BCUT2D eigenvalue weighted by atomic mass is 19.4. The molecule has 1 amide bonds. The van der Waals surface area contributed by atoms with Gasteiger partial charge in [-0.1, -0.05) is 12.1 Å². The topological polar surface area (TPSA) is 70.2 Å². The minimum atomic E-state index is -4.98. The Morgan fingerprint density at radius 3 is 2.55 bits per heavy atom. The summed E-state index contributed by atoms with van der Waals surface area (Å²) >= 11 is 0. The summed E-state index contributed by atoms with van der Waals surface area (Å²) in [5.41, 5.74) is 0.683. The molecule has 0 radical (unpaired) electrons. The molecule has 10 heteroatoms. The third kappa shape index (κ3) is 5.42. The molecule has 2 heterocycles. The van der Waals surface area contributed by atoms with Crippen LogP contribution in [0.15, 0.2) is 36.7 Å². The van der Waals surface area contributed by atoms with Crippen molar-refractivity contribution in [3.8, 4) is 0 Å². The lowest BCUT2D eigenvalue weighted by Gasteiger charge is -2.40. The summed E-state index contributed by atoms with van der Waals surface area (Å²) in [5.74, 6) is -0.889. The van der Waals surface area contributed by atoms with E-state index < -0.39 is 23.9 Å². The van der Waals surface area contributed by atoms with Gasteiger partial charge in [0.05, 0.1) is 6.04 Å². The van der Waals surface area contributed by atoms with Crippen LogP contribution in [0, 0.1) is 11.7 Å². The lowest BCUT2D eigenvalue weighted by atomic mass is 9.85. The number of piperidine rings is 1. The van der Waals surface area contributed by atoms with Crippen molar-refractivity contribution in [3.63, 3.8) is 0 Å². The van der Waals surface area contributed by atoms with Crippen LogP contribution in [0.4, 0.5) is 29.2 Å². The fourth-order valence-corrected chi connectivity index (χ4v) is 3.85. The third-order valence-electron chi connectivity index (χ3n) is 5.73. The van der Waals surface area contributed by atoms with Gasteiger partial charge in [0.2, 0.25) is 0 Å². The molecule has 6 nitrogen and oxygen atoms in total. The Balaban J connectivity index is 1.52. The van der Waals surface area contributed by atoms with Crippen molar-refractivity contribution in [1.29, 1.82) is 0 Å². The first kappa shape index (κ1) is 21.3. The number of benzene rings is 1. The fourth-order valence-electron chi connectivity index (χ4n) is 3.85. The number of anilines is 2. The molecule has 2 aliphatic rings. The van der Waals surface area contributed by atoms with Gasteiger partial charge in [-0.3, -0.25) is 4.79 Å². The first-order chi connectivity index (χ1) is 14.8. The Kier molecular flexibility index (Phi) is 5.97. The van der Waals surface area contributed by atoms with Gasteiger partial charge < -0.3 is 15.5 Å². The molecule has 2 N–H and O–H groups in total. The predicted octanol–water partition coefficient (Wildman–Crippen LogP) is 3.48.